The van der Waals surface area contributed by atoms with Gasteiger partial charge in [0.1, 0.15) is 0 Å². The van der Waals surface area contributed by atoms with Crippen LogP contribution in [-0.4, -0.2) is 14.3 Å². The molecule has 0 unspecified atom stereocenters. The second kappa shape index (κ2) is 6.17. The average molecular weight is 319 g/mol. The van der Waals surface area contributed by atoms with Crippen molar-refractivity contribution in [3.05, 3.63) is 59.2 Å². The molecule has 0 radical (unpaired) electrons. The van der Waals surface area contributed by atoms with Gasteiger partial charge in [-0.25, -0.2) is 13.6 Å². The molecule has 0 bridgehead atoms. The van der Waals surface area contributed by atoms with E-state index in [1.807, 2.05) is 6.92 Å². The van der Waals surface area contributed by atoms with Crippen LogP contribution in [0.1, 0.15) is 21.5 Å². The van der Waals surface area contributed by atoms with Crippen LogP contribution >= 0.6 is 0 Å². The van der Waals surface area contributed by atoms with E-state index < -0.39 is 10.0 Å². The first-order chi connectivity index (χ1) is 10.3. The number of sulfonamides is 1. The summed E-state index contributed by atoms with van der Waals surface area (Å²) >= 11 is 0. The third-order valence-corrected chi connectivity index (χ3v) is 4.17. The summed E-state index contributed by atoms with van der Waals surface area (Å²) in [6.45, 7) is 2.12. The highest BCUT2D eigenvalue weighted by Gasteiger charge is 2.09. The number of rotatable bonds is 4. The van der Waals surface area contributed by atoms with E-state index in [1.54, 1.807) is 30.3 Å². The van der Waals surface area contributed by atoms with Gasteiger partial charge in [-0.3, -0.25) is 4.79 Å². The molecule has 6 nitrogen and oxygen atoms in total. The van der Waals surface area contributed by atoms with Crippen LogP contribution in [0.4, 0.5) is 5.69 Å². The maximum absolute atomic E-state index is 12.0. The Morgan fingerprint density at radius 3 is 2.32 bits per heavy atom. The summed E-state index contributed by atoms with van der Waals surface area (Å²) in [6.07, 6.45) is 0. The van der Waals surface area contributed by atoms with Gasteiger partial charge in [-0.1, -0.05) is 12.1 Å². The van der Waals surface area contributed by atoms with Crippen molar-refractivity contribution in [3.8, 4) is 0 Å². The molecule has 0 aliphatic carbocycles. The fraction of sp³-hybridized carbons (Fsp3) is 0.133. The summed E-state index contributed by atoms with van der Waals surface area (Å²) in [4.78, 5) is 12.1. The SMILES string of the molecule is Cc1cc(C(=O)NCc2ccc(S(N)(=O)=O)cc2)ccc1N. The van der Waals surface area contributed by atoms with Gasteiger partial charge in [-0.2, -0.15) is 0 Å². The van der Waals surface area contributed by atoms with E-state index in [0.717, 1.165) is 11.1 Å². The van der Waals surface area contributed by atoms with Crippen molar-refractivity contribution < 1.29 is 13.2 Å². The van der Waals surface area contributed by atoms with Gasteiger partial charge in [0.05, 0.1) is 4.90 Å². The molecule has 0 heterocycles. The standard InChI is InChI=1S/C15H17N3O3S/c1-10-8-12(4-7-14(10)16)15(19)18-9-11-2-5-13(6-3-11)22(17,20)21/h2-8H,9,16H2,1H3,(H,18,19)(H2,17,20,21). The predicted molar refractivity (Wildman–Crippen MR) is 84.6 cm³/mol. The van der Waals surface area contributed by atoms with E-state index in [0.29, 0.717) is 11.3 Å². The summed E-state index contributed by atoms with van der Waals surface area (Å²) in [7, 11) is -3.70. The van der Waals surface area contributed by atoms with Gasteiger partial charge in [0.15, 0.2) is 0 Å². The zero-order chi connectivity index (χ0) is 16.3. The number of carbonyl (C=O) groups is 1. The highest BCUT2D eigenvalue weighted by atomic mass is 32.2. The lowest BCUT2D eigenvalue weighted by Gasteiger charge is -2.08. The van der Waals surface area contributed by atoms with Gasteiger partial charge >= 0.3 is 0 Å². The molecule has 116 valence electrons. The van der Waals surface area contributed by atoms with Gasteiger partial charge in [0.25, 0.3) is 5.91 Å². The molecule has 0 spiro atoms. The number of nitrogens with two attached hydrogens (primary N) is 2. The molecule has 0 fully saturated rings. The predicted octanol–water partition coefficient (Wildman–Crippen LogP) is 1.15. The largest absolute Gasteiger partial charge is 0.399 e. The fourth-order valence-electron chi connectivity index (χ4n) is 1.90. The Morgan fingerprint density at radius 2 is 1.77 bits per heavy atom. The number of anilines is 1. The molecule has 0 aliphatic rings. The Balaban J connectivity index is 2.03. The van der Waals surface area contributed by atoms with Gasteiger partial charge in [-0.05, 0) is 48.4 Å². The molecular weight excluding hydrogens is 302 g/mol. The van der Waals surface area contributed by atoms with Gasteiger partial charge in [0, 0.05) is 17.8 Å². The molecule has 2 rings (SSSR count). The summed E-state index contributed by atoms with van der Waals surface area (Å²) in [6, 6.07) is 11.1. The Hall–Kier alpha value is -2.38. The first-order valence-electron chi connectivity index (χ1n) is 6.53. The van der Waals surface area contributed by atoms with E-state index in [1.165, 1.54) is 12.1 Å². The number of carbonyl (C=O) groups excluding carboxylic acids is 1. The number of benzene rings is 2. The normalized spacial score (nSPS) is 11.2. The van der Waals surface area contributed by atoms with Crippen molar-refractivity contribution in [2.45, 2.75) is 18.4 Å². The fourth-order valence-corrected chi connectivity index (χ4v) is 2.41. The third kappa shape index (κ3) is 3.84. The Bertz CT molecular complexity index is 799. The Labute approximate surface area is 129 Å². The molecule has 5 N–H and O–H groups in total. The van der Waals surface area contributed by atoms with E-state index in [-0.39, 0.29) is 17.3 Å². The lowest BCUT2D eigenvalue weighted by Crippen LogP contribution is -2.23. The van der Waals surface area contributed by atoms with E-state index in [9.17, 15) is 13.2 Å². The summed E-state index contributed by atoms with van der Waals surface area (Å²) < 4.78 is 22.3. The van der Waals surface area contributed by atoms with Crippen LogP contribution in [0.5, 0.6) is 0 Å². The molecule has 1 amide bonds. The maximum Gasteiger partial charge on any atom is 0.251 e. The van der Waals surface area contributed by atoms with Crippen LogP contribution in [0.25, 0.3) is 0 Å². The molecule has 2 aromatic carbocycles. The van der Waals surface area contributed by atoms with Crippen molar-refractivity contribution >= 4 is 21.6 Å². The molecule has 2 aromatic rings. The molecule has 0 saturated heterocycles. The minimum absolute atomic E-state index is 0.0386. The van der Waals surface area contributed by atoms with Crippen molar-refractivity contribution in [1.29, 1.82) is 0 Å². The minimum atomic E-state index is -3.70. The average Bonchev–Trinajstić information content (AvgIpc) is 2.47. The third-order valence-electron chi connectivity index (χ3n) is 3.24. The number of primary sulfonamides is 1. The van der Waals surface area contributed by atoms with Crippen LogP contribution in [-0.2, 0) is 16.6 Å². The lowest BCUT2D eigenvalue weighted by molar-refractivity contribution is 0.0951. The van der Waals surface area contributed by atoms with Crippen molar-refractivity contribution in [2.75, 3.05) is 5.73 Å². The lowest BCUT2D eigenvalue weighted by atomic mass is 10.1. The highest BCUT2D eigenvalue weighted by Crippen LogP contribution is 2.13. The van der Waals surface area contributed by atoms with E-state index in [4.69, 9.17) is 10.9 Å². The molecular formula is C15H17N3O3S. The van der Waals surface area contributed by atoms with Crippen LogP contribution in [0, 0.1) is 6.92 Å². The number of nitrogens with one attached hydrogen (secondary N) is 1. The zero-order valence-electron chi connectivity index (χ0n) is 12.0. The topological polar surface area (TPSA) is 115 Å². The molecule has 7 heteroatoms. The number of nitrogen functional groups attached to an aromatic ring is 1. The van der Waals surface area contributed by atoms with Gasteiger partial charge in [0.2, 0.25) is 10.0 Å². The van der Waals surface area contributed by atoms with Crippen LogP contribution in [0.2, 0.25) is 0 Å². The highest BCUT2D eigenvalue weighted by molar-refractivity contribution is 7.89. The van der Waals surface area contributed by atoms with Crippen molar-refractivity contribution in [3.63, 3.8) is 0 Å². The van der Waals surface area contributed by atoms with E-state index in [2.05, 4.69) is 5.32 Å². The maximum atomic E-state index is 12.0. The number of hydrogen-bond donors (Lipinski definition) is 3. The Kier molecular flexibility index (Phi) is 4.48. The minimum Gasteiger partial charge on any atom is -0.399 e. The summed E-state index contributed by atoms with van der Waals surface area (Å²) in [5.41, 5.74) is 8.48. The zero-order valence-corrected chi connectivity index (χ0v) is 12.9. The van der Waals surface area contributed by atoms with Crippen molar-refractivity contribution in [2.24, 2.45) is 5.14 Å². The number of hydrogen-bond acceptors (Lipinski definition) is 4. The number of amides is 1. The second-order valence-corrected chi connectivity index (χ2v) is 6.50. The van der Waals surface area contributed by atoms with Crippen molar-refractivity contribution in [1.82, 2.24) is 5.32 Å². The van der Waals surface area contributed by atoms with Gasteiger partial charge < -0.3 is 11.1 Å². The molecule has 0 atom stereocenters. The second-order valence-electron chi connectivity index (χ2n) is 4.94. The van der Waals surface area contributed by atoms with Crippen LogP contribution < -0.4 is 16.2 Å². The molecule has 22 heavy (non-hydrogen) atoms. The molecule has 0 aromatic heterocycles. The van der Waals surface area contributed by atoms with Crippen LogP contribution in [0.3, 0.4) is 0 Å². The van der Waals surface area contributed by atoms with E-state index >= 15 is 0 Å². The van der Waals surface area contributed by atoms with Crippen LogP contribution in [0.15, 0.2) is 47.4 Å². The Morgan fingerprint density at radius 1 is 1.14 bits per heavy atom. The molecule has 0 aliphatic heterocycles. The monoisotopic (exact) mass is 319 g/mol. The first-order valence-corrected chi connectivity index (χ1v) is 8.08. The molecule has 0 saturated carbocycles. The summed E-state index contributed by atoms with van der Waals surface area (Å²) in [5, 5.41) is 7.78. The quantitative estimate of drug-likeness (QED) is 0.733. The smallest absolute Gasteiger partial charge is 0.251 e. The van der Waals surface area contributed by atoms with Gasteiger partial charge in [-0.15, -0.1) is 0 Å². The number of aryl methyl sites for hydroxylation is 1. The summed E-state index contributed by atoms with van der Waals surface area (Å²) in [5.74, 6) is -0.223. The first kappa shape index (κ1) is 16.0.